The number of carbonyl (C=O) groups excluding carboxylic acids is 1. The van der Waals surface area contributed by atoms with E-state index in [1.165, 1.54) is 18.5 Å². The van der Waals surface area contributed by atoms with Gasteiger partial charge in [0.05, 0.1) is 6.26 Å². The van der Waals surface area contributed by atoms with Crippen LogP contribution in [-0.4, -0.2) is 35.8 Å². The Balaban J connectivity index is 2.05. The number of carbonyl (C=O) groups is 1. The summed E-state index contributed by atoms with van der Waals surface area (Å²) < 4.78 is 24.4. The van der Waals surface area contributed by atoms with Crippen molar-refractivity contribution in [1.29, 1.82) is 0 Å². The van der Waals surface area contributed by atoms with Crippen molar-refractivity contribution in [3.05, 3.63) is 36.4 Å². The van der Waals surface area contributed by atoms with Crippen molar-refractivity contribution in [2.24, 2.45) is 0 Å². The Kier molecular flexibility index (Phi) is 3.47. The van der Waals surface area contributed by atoms with Gasteiger partial charge in [-0.05, 0) is 24.3 Å². The Morgan fingerprint density at radius 3 is 2.37 bits per heavy atom. The first-order valence-corrected chi connectivity index (χ1v) is 7.08. The predicted octanol–water partition coefficient (Wildman–Crippen LogP) is 0.428. The SMILES string of the molecule is CS(=O)(=O)Nc1ccc(NC(=O)c2ncn[nH]2)cc1. The Morgan fingerprint density at radius 2 is 1.84 bits per heavy atom. The molecule has 0 spiro atoms. The molecule has 0 unspecified atom stereocenters. The molecule has 0 aliphatic heterocycles. The number of benzene rings is 1. The number of nitrogens with zero attached hydrogens (tertiary/aromatic N) is 2. The van der Waals surface area contributed by atoms with Crippen molar-refractivity contribution in [1.82, 2.24) is 15.2 Å². The van der Waals surface area contributed by atoms with E-state index in [0.717, 1.165) is 6.26 Å². The molecule has 0 saturated heterocycles. The molecule has 0 atom stereocenters. The number of aromatic amines is 1. The molecule has 0 radical (unpaired) electrons. The van der Waals surface area contributed by atoms with E-state index >= 15 is 0 Å². The van der Waals surface area contributed by atoms with Gasteiger partial charge >= 0.3 is 0 Å². The van der Waals surface area contributed by atoms with Crippen molar-refractivity contribution in [3.8, 4) is 0 Å². The molecule has 0 aliphatic carbocycles. The average molecular weight is 281 g/mol. The van der Waals surface area contributed by atoms with Crippen LogP contribution in [0.15, 0.2) is 30.6 Å². The number of hydrogen-bond donors (Lipinski definition) is 3. The Morgan fingerprint density at radius 1 is 1.21 bits per heavy atom. The van der Waals surface area contributed by atoms with Crippen LogP contribution in [-0.2, 0) is 10.0 Å². The van der Waals surface area contributed by atoms with E-state index in [0.29, 0.717) is 11.4 Å². The summed E-state index contributed by atoms with van der Waals surface area (Å²) in [5, 5.41) is 8.58. The molecule has 0 aliphatic rings. The van der Waals surface area contributed by atoms with E-state index in [1.807, 2.05) is 0 Å². The van der Waals surface area contributed by atoms with E-state index in [-0.39, 0.29) is 5.82 Å². The molecular formula is C10H11N5O3S. The molecule has 19 heavy (non-hydrogen) atoms. The summed E-state index contributed by atoms with van der Waals surface area (Å²) in [4.78, 5) is 15.3. The second-order valence-electron chi connectivity index (χ2n) is 3.74. The van der Waals surface area contributed by atoms with E-state index in [1.54, 1.807) is 12.1 Å². The lowest BCUT2D eigenvalue weighted by molar-refractivity contribution is 0.101. The fourth-order valence-electron chi connectivity index (χ4n) is 1.34. The number of H-pyrrole nitrogens is 1. The fraction of sp³-hybridized carbons (Fsp3) is 0.100. The number of amides is 1. The van der Waals surface area contributed by atoms with Gasteiger partial charge in [-0.25, -0.2) is 13.4 Å². The third kappa shape index (κ3) is 3.78. The smallest absolute Gasteiger partial charge is 0.292 e. The fourth-order valence-corrected chi connectivity index (χ4v) is 1.91. The monoisotopic (exact) mass is 281 g/mol. The van der Waals surface area contributed by atoms with Crippen LogP contribution in [0.1, 0.15) is 10.6 Å². The second-order valence-corrected chi connectivity index (χ2v) is 5.49. The van der Waals surface area contributed by atoms with Crippen LogP contribution in [0.25, 0.3) is 0 Å². The molecule has 2 aromatic rings. The van der Waals surface area contributed by atoms with Crippen molar-refractivity contribution in [3.63, 3.8) is 0 Å². The van der Waals surface area contributed by atoms with E-state index < -0.39 is 15.9 Å². The minimum absolute atomic E-state index is 0.0957. The summed E-state index contributed by atoms with van der Waals surface area (Å²) in [6, 6.07) is 6.22. The first-order chi connectivity index (χ1) is 8.94. The van der Waals surface area contributed by atoms with Crippen molar-refractivity contribution in [2.45, 2.75) is 0 Å². The van der Waals surface area contributed by atoms with Crippen molar-refractivity contribution in [2.75, 3.05) is 16.3 Å². The predicted molar refractivity (Wildman–Crippen MR) is 69.2 cm³/mol. The number of hydrogen-bond acceptors (Lipinski definition) is 5. The number of anilines is 2. The van der Waals surface area contributed by atoms with Gasteiger partial charge in [-0.1, -0.05) is 0 Å². The van der Waals surface area contributed by atoms with Gasteiger partial charge in [-0.3, -0.25) is 14.6 Å². The molecule has 3 N–H and O–H groups in total. The minimum atomic E-state index is -3.31. The number of aromatic nitrogens is 3. The van der Waals surface area contributed by atoms with E-state index in [2.05, 4.69) is 25.2 Å². The molecule has 1 aromatic heterocycles. The first-order valence-electron chi connectivity index (χ1n) is 5.18. The summed E-state index contributed by atoms with van der Waals surface area (Å²) in [5.41, 5.74) is 0.931. The van der Waals surface area contributed by atoms with Crippen LogP contribution in [0.5, 0.6) is 0 Å². The largest absolute Gasteiger partial charge is 0.319 e. The highest BCUT2D eigenvalue weighted by atomic mass is 32.2. The van der Waals surface area contributed by atoms with Crippen LogP contribution in [0.3, 0.4) is 0 Å². The molecule has 0 saturated carbocycles. The summed E-state index contributed by atoms with van der Waals surface area (Å²) in [6.45, 7) is 0. The summed E-state index contributed by atoms with van der Waals surface area (Å²) >= 11 is 0. The standard InChI is InChI=1S/C10H11N5O3S/c1-19(17,18)15-8-4-2-7(3-5-8)13-10(16)9-11-6-12-14-9/h2-6,15H,1H3,(H,13,16)(H,11,12,14). The average Bonchev–Trinajstić information content (AvgIpc) is 2.83. The zero-order chi connectivity index (χ0) is 13.9. The molecule has 100 valence electrons. The molecule has 1 aromatic carbocycles. The zero-order valence-corrected chi connectivity index (χ0v) is 10.7. The van der Waals surface area contributed by atoms with Gasteiger partial charge in [0.1, 0.15) is 6.33 Å². The lowest BCUT2D eigenvalue weighted by Gasteiger charge is -2.06. The topological polar surface area (TPSA) is 117 Å². The normalized spacial score (nSPS) is 11.0. The molecule has 1 heterocycles. The molecular weight excluding hydrogens is 270 g/mol. The minimum Gasteiger partial charge on any atom is -0.319 e. The van der Waals surface area contributed by atoms with E-state index in [4.69, 9.17) is 0 Å². The van der Waals surface area contributed by atoms with Crippen LogP contribution < -0.4 is 10.0 Å². The number of nitrogens with one attached hydrogen (secondary N) is 3. The van der Waals surface area contributed by atoms with Crippen LogP contribution in [0.2, 0.25) is 0 Å². The van der Waals surface area contributed by atoms with Gasteiger partial charge in [0.15, 0.2) is 0 Å². The Hall–Kier alpha value is -2.42. The molecule has 0 fully saturated rings. The van der Waals surface area contributed by atoms with Crippen LogP contribution in [0.4, 0.5) is 11.4 Å². The number of rotatable bonds is 4. The molecule has 1 amide bonds. The van der Waals surface area contributed by atoms with Gasteiger partial charge in [-0.15, -0.1) is 0 Å². The third-order valence-electron chi connectivity index (χ3n) is 2.08. The van der Waals surface area contributed by atoms with Crippen molar-refractivity contribution < 1.29 is 13.2 Å². The molecule has 9 heteroatoms. The summed E-state index contributed by atoms with van der Waals surface area (Å²) in [7, 11) is -3.31. The van der Waals surface area contributed by atoms with Gasteiger partial charge in [0.25, 0.3) is 5.91 Å². The summed E-state index contributed by atoms with van der Waals surface area (Å²) in [5.74, 6) is -0.334. The first kappa shape index (κ1) is 13.0. The zero-order valence-electron chi connectivity index (χ0n) is 9.91. The molecule has 8 nitrogen and oxygen atoms in total. The van der Waals surface area contributed by atoms with Crippen LogP contribution >= 0.6 is 0 Å². The van der Waals surface area contributed by atoms with Crippen LogP contribution in [0, 0.1) is 0 Å². The maximum Gasteiger partial charge on any atom is 0.292 e. The highest BCUT2D eigenvalue weighted by molar-refractivity contribution is 7.92. The number of sulfonamides is 1. The third-order valence-corrected chi connectivity index (χ3v) is 2.68. The van der Waals surface area contributed by atoms with E-state index in [9.17, 15) is 13.2 Å². The highest BCUT2D eigenvalue weighted by Gasteiger charge is 2.08. The Labute approximate surface area is 109 Å². The van der Waals surface area contributed by atoms with Gasteiger partial charge in [0, 0.05) is 11.4 Å². The second kappa shape index (κ2) is 5.06. The van der Waals surface area contributed by atoms with Gasteiger partial charge in [-0.2, -0.15) is 5.10 Å². The van der Waals surface area contributed by atoms with Gasteiger partial charge < -0.3 is 5.32 Å². The molecule has 0 bridgehead atoms. The lowest BCUT2D eigenvalue weighted by atomic mass is 10.3. The quantitative estimate of drug-likeness (QED) is 0.751. The maximum atomic E-state index is 11.6. The lowest BCUT2D eigenvalue weighted by Crippen LogP contribution is -2.14. The molecule has 2 rings (SSSR count). The van der Waals surface area contributed by atoms with Crippen molar-refractivity contribution >= 4 is 27.3 Å². The maximum absolute atomic E-state index is 11.6. The van der Waals surface area contributed by atoms with Gasteiger partial charge in [0.2, 0.25) is 15.8 Å². The highest BCUT2D eigenvalue weighted by Crippen LogP contribution is 2.14. The summed E-state index contributed by atoms with van der Waals surface area (Å²) in [6.07, 6.45) is 2.29. The Bertz CT molecular complexity index is 664.